The quantitative estimate of drug-likeness (QED) is 0.433. The first-order valence-electron chi connectivity index (χ1n) is 0.752. The fourth-order valence-corrected chi connectivity index (χ4v) is 0. The molecule has 0 fully saturated rings. The van der Waals surface area contributed by atoms with Gasteiger partial charge in [-0.15, -0.1) is 4.20 Å². The van der Waals surface area contributed by atoms with Gasteiger partial charge >= 0.3 is 7.91 Å². The Kier molecular flexibility index (Phi) is 4.92. The van der Waals surface area contributed by atoms with Crippen LogP contribution in [0.4, 0.5) is 4.20 Å². The van der Waals surface area contributed by atoms with Gasteiger partial charge in [-0.05, 0) is 0 Å². The summed E-state index contributed by atoms with van der Waals surface area (Å²) in [6.07, 6.45) is 0. The summed E-state index contributed by atoms with van der Waals surface area (Å²) in [4.78, 5) is 13.9. The van der Waals surface area contributed by atoms with Crippen LogP contribution in [0, 0.1) is 0 Å². The van der Waals surface area contributed by atoms with Crippen molar-refractivity contribution in [1.29, 1.82) is 0 Å². The third-order valence-corrected chi connectivity index (χ3v) is 0. The fraction of sp³-hybridized carbons (Fsp3) is 0. The minimum absolute atomic E-state index is 0. The molecule has 0 rings (SSSR count). The van der Waals surface area contributed by atoms with Gasteiger partial charge in [0.2, 0.25) is 0 Å². The molecular weight excluding hydrogens is 217 g/mol. The van der Waals surface area contributed by atoms with Gasteiger partial charge in [-0.3, -0.25) is 9.79 Å². The summed E-state index contributed by atoms with van der Waals surface area (Å²) in [6.45, 7) is 0. The summed E-state index contributed by atoms with van der Waals surface area (Å²) in [7, 11) is -5.14. The van der Waals surface area contributed by atoms with Crippen LogP contribution in [0.25, 0.3) is 0 Å². The molecule has 0 aromatic heterocycles. The minimum atomic E-state index is -5.14. The van der Waals surface area contributed by atoms with Gasteiger partial charge in [-0.1, -0.05) is 0 Å². The zero-order valence-electron chi connectivity index (χ0n) is 2.63. The first kappa shape index (κ1) is 9.99. The Balaban J connectivity index is 0. The molecule has 0 saturated carbocycles. The van der Waals surface area contributed by atoms with Crippen LogP contribution in [0.15, 0.2) is 0 Å². The maximum absolute atomic E-state index is 10.4. The second kappa shape index (κ2) is 2.96. The van der Waals surface area contributed by atoms with Gasteiger partial charge in [0.05, 0.1) is 0 Å². The van der Waals surface area contributed by atoms with E-state index in [-0.39, 0.29) is 23.9 Å². The molecule has 0 aliphatic rings. The Bertz CT molecular complexity index is 56.9. The van der Waals surface area contributed by atoms with E-state index in [1.165, 1.54) is 0 Å². The van der Waals surface area contributed by atoms with Crippen molar-refractivity contribution in [2.45, 2.75) is 0 Å². The van der Waals surface area contributed by atoms with Crippen molar-refractivity contribution in [1.82, 2.24) is 0 Å². The second-order valence-electron chi connectivity index (χ2n) is 0.473. The predicted molar refractivity (Wildman–Crippen MR) is 18.9 cm³/mol. The monoisotopic (exact) mass is 220 g/mol. The summed E-state index contributed by atoms with van der Waals surface area (Å²) in [5.74, 6) is 0. The summed E-state index contributed by atoms with van der Waals surface area (Å²) in [6, 6.07) is 0. The second-order valence-corrected chi connectivity index (χ2v) is 1.42. The van der Waals surface area contributed by atoms with Crippen molar-refractivity contribution in [3.8, 4) is 0 Å². The minimum Gasteiger partial charge on any atom is -0.299 e. The van der Waals surface area contributed by atoms with Crippen LogP contribution in [-0.4, -0.2) is 33.7 Å². The molecule has 0 aliphatic heterocycles. The molecule has 0 aromatic rings. The zero-order chi connectivity index (χ0) is 4.50. The number of halogens is 1. The summed E-state index contributed by atoms with van der Waals surface area (Å²) in [5.41, 5.74) is 0. The first-order chi connectivity index (χ1) is 2.00. The molecule has 0 amide bonds. The Morgan fingerprint density at radius 2 is 1.50 bits per heavy atom. The van der Waals surface area contributed by atoms with Gasteiger partial charge in [0.1, 0.15) is 0 Å². The van der Waals surface area contributed by atoms with Crippen LogP contribution in [0.5, 0.6) is 0 Å². The molecule has 36 valence electrons. The molecule has 0 bridgehead atoms. The molecule has 6 heavy (non-hydrogen) atoms. The summed E-state index contributed by atoms with van der Waals surface area (Å²) in [5, 5.41) is 0. The molecule has 6 heteroatoms. The van der Waals surface area contributed by atoms with Gasteiger partial charge in [0.15, 0.2) is 0 Å². The van der Waals surface area contributed by atoms with Gasteiger partial charge in [-0.25, -0.2) is 4.57 Å². The molecule has 0 spiro atoms. The van der Waals surface area contributed by atoms with Crippen molar-refractivity contribution >= 4 is 31.8 Å². The van der Waals surface area contributed by atoms with E-state index in [4.69, 9.17) is 14.4 Å². The van der Waals surface area contributed by atoms with Crippen molar-refractivity contribution < 1.29 is 18.5 Å². The molecule has 0 unspecified atom stereocenters. The largest absolute Gasteiger partial charge is 0.507 e. The average Bonchev–Trinajstić information content (AvgIpc) is 0.722. The Morgan fingerprint density at radius 3 is 1.50 bits per heavy atom. The normalized spacial score (nSPS) is 9.83. The van der Waals surface area contributed by atoms with Crippen LogP contribution in [0.3, 0.4) is 0 Å². The molecule has 0 saturated heterocycles. The van der Waals surface area contributed by atoms with E-state index in [2.05, 4.69) is 0 Å². The third kappa shape index (κ3) is 95.1. The van der Waals surface area contributed by atoms with E-state index in [0.29, 0.717) is 0 Å². The molecule has 2 N–H and O–H groups in total. The Hall–Kier alpha value is 0.879. The Labute approximate surface area is 50.8 Å². The molecular formula is H2FO3PSn. The van der Waals surface area contributed by atoms with E-state index in [9.17, 15) is 4.20 Å². The van der Waals surface area contributed by atoms with Crippen molar-refractivity contribution in [3.05, 3.63) is 0 Å². The van der Waals surface area contributed by atoms with Crippen LogP contribution in [-0.2, 0) is 4.57 Å². The van der Waals surface area contributed by atoms with Gasteiger partial charge < -0.3 is 0 Å². The van der Waals surface area contributed by atoms with Crippen LogP contribution >= 0.6 is 7.91 Å². The van der Waals surface area contributed by atoms with Gasteiger partial charge in [-0.2, -0.15) is 0 Å². The number of hydrogen-bond acceptors (Lipinski definition) is 1. The maximum atomic E-state index is 10.4. The smallest absolute Gasteiger partial charge is 0.299 e. The maximum Gasteiger partial charge on any atom is 0.507 e. The molecule has 0 aromatic carbocycles. The molecule has 0 heterocycles. The van der Waals surface area contributed by atoms with Crippen LogP contribution in [0.1, 0.15) is 0 Å². The van der Waals surface area contributed by atoms with E-state index >= 15 is 0 Å². The number of hydrogen-bond donors (Lipinski definition) is 2. The van der Waals surface area contributed by atoms with Crippen molar-refractivity contribution in [2.75, 3.05) is 0 Å². The SMILES string of the molecule is O=P(O)(O)F.[Sn]. The average molecular weight is 219 g/mol. The number of rotatable bonds is 0. The van der Waals surface area contributed by atoms with E-state index in [1.807, 2.05) is 0 Å². The summed E-state index contributed by atoms with van der Waals surface area (Å²) < 4.78 is 19.0. The standard InChI is InChI=1S/FH2O3P.Sn/c1-5(2,3)4;/h(H2,2,3,4);. The van der Waals surface area contributed by atoms with Gasteiger partial charge in [0.25, 0.3) is 0 Å². The van der Waals surface area contributed by atoms with E-state index in [0.717, 1.165) is 0 Å². The van der Waals surface area contributed by atoms with Crippen LogP contribution < -0.4 is 0 Å². The fourth-order valence-electron chi connectivity index (χ4n) is 0. The van der Waals surface area contributed by atoms with E-state index < -0.39 is 7.91 Å². The van der Waals surface area contributed by atoms with Crippen molar-refractivity contribution in [2.24, 2.45) is 0 Å². The molecule has 0 aliphatic carbocycles. The van der Waals surface area contributed by atoms with E-state index in [1.54, 1.807) is 0 Å². The summed E-state index contributed by atoms with van der Waals surface area (Å²) >= 11 is 0. The topological polar surface area (TPSA) is 57.5 Å². The molecule has 0 atom stereocenters. The molecule has 3 nitrogen and oxygen atoms in total. The first-order valence-corrected chi connectivity index (χ1v) is 2.25. The van der Waals surface area contributed by atoms with Crippen LogP contribution in [0.2, 0.25) is 0 Å². The molecule has 4 radical (unpaired) electrons. The van der Waals surface area contributed by atoms with Gasteiger partial charge in [0, 0.05) is 23.9 Å². The third-order valence-electron chi connectivity index (χ3n) is 0. The zero-order valence-corrected chi connectivity index (χ0v) is 6.38. The Morgan fingerprint density at radius 1 is 1.50 bits per heavy atom. The van der Waals surface area contributed by atoms with Crippen molar-refractivity contribution in [3.63, 3.8) is 0 Å². The predicted octanol–water partition coefficient (Wildman–Crippen LogP) is -0.332.